The van der Waals surface area contributed by atoms with Crippen molar-refractivity contribution in [1.82, 2.24) is 9.62 Å². The van der Waals surface area contributed by atoms with E-state index in [-0.39, 0.29) is 21.4 Å². The average Bonchev–Trinajstić information content (AvgIpc) is 3.22. The minimum absolute atomic E-state index is 0.0281. The van der Waals surface area contributed by atoms with Crippen LogP contribution >= 0.6 is 11.6 Å². The molecule has 0 aromatic heterocycles. The maximum absolute atomic E-state index is 12.8. The second kappa shape index (κ2) is 8.94. The van der Waals surface area contributed by atoms with Gasteiger partial charge in [-0.1, -0.05) is 29.3 Å². The zero-order chi connectivity index (χ0) is 20.1. The quantitative estimate of drug-likeness (QED) is 0.695. The van der Waals surface area contributed by atoms with Crippen LogP contribution in [0.25, 0.3) is 0 Å². The second-order valence-corrected chi connectivity index (χ2v) is 8.99. The van der Waals surface area contributed by atoms with Crippen LogP contribution in [0, 0.1) is 6.92 Å². The van der Waals surface area contributed by atoms with Crippen LogP contribution in [0.5, 0.6) is 5.75 Å². The van der Waals surface area contributed by atoms with Crippen molar-refractivity contribution in [3.8, 4) is 5.75 Å². The van der Waals surface area contributed by atoms with Gasteiger partial charge in [-0.3, -0.25) is 4.79 Å². The van der Waals surface area contributed by atoms with Crippen LogP contribution in [-0.2, 0) is 10.0 Å². The van der Waals surface area contributed by atoms with Gasteiger partial charge in [0.05, 0.1) is 11.6 Å². The normalized spacial score (nSPS) is 14.8. The Labute approximate surface area is 170 Å². The molecule has 0 spiro atoms. The van der Waals surface area contributed by atoms with Crippen molar-refractivity contribution in [2.45, 2.75) is 24.7 Å². The lowest BCUT2D eigenvalue weighted by Crippen LogP contribution is -2.30. The number of rotatable bonds is 7. The molecule has 1 N–H and O–H groups in total. The number of halogens is 1. The number of sulfonamides is 1. The topological polar surface area (TPSA) is 75.7 Å². The zero-order valence-corrected chi connectivity index (χ0v) is 17.2. The fraction of sp³-hybridized carbons (Fsp3) is 0.350. The molecule has 1 aliphatic heterocycles. The maximum Gasteiger partial charge on any atom is 0.251 e. The Bertz CT molecular complexity index is 939. The first-order chi connectivity index (χ1) is 13.4. The van der Waals surface area contributed by atoms with E-state index in [0.29, 0.717) is 26.2 Å². The Morgan fingerprint density at radius 3 is 2.50 bits per heavy atom. The molecule has 150 valence electrons. The zero-order valence-electron chi connectivity index (χ0n) is 15.7. The van der Waals surface area contributed by atoms with Gasteiger partial charge in [-0.25, -0.2) is 8.42 Å². The number of aryl methyl sites for hydroxylation is 1. The summed E-state index contributed by atoms with van der Waals surface area (Å²) in [5, 5.41) is 2.85. The lowest BCUT2D eigenvalue weighted by molar-refractivity contribution is 0.0947. The fourth-order valence-electron chi connectivity index (χ4n) is 2.98. The van der Waals surface area contributed by atoms with E-state index < -0.39 is 10.0 Å². The second-order valence-electron chi connectivity index (χ2n) is 6.67. The largest absolute Gasteiger partial charge is 0.492 e. The molecule has 0 aliphatic carbocycles. The Morgan fingerprint density at radius 2 is 1.82 bits per heavy atom. The highest BCUT2D eigenvalue weighted by Crippen LogP contribution is 2.28. The molecule has 8 heteroatoms. The number of benzene rings is 2. The Hall–Kier alpha value is -2.09. The van der Waals surface area contributed by atoms with Gasteiger partial charge >= 0.3 is 0 Å². The van der Waals surface area contributed by atoms with E-state index in [1.807, 2.05) is 31.2 Å². The average molecular weight is 423 g/mol. The number of carbonyl (C=O) groups is 1. The van der Waals surface area contributed by atoms with E-state index in [9.17, 15) is 13.2 Å². The van der Waals surface area contributed by atoms with Crippen molar-refractivity contribution in [2.75, 3.05) is 26.2 Å². The van der Waals surface area contributed by atoms with Crippen LogP contribution in [0.2, 0.25) is 5.02 Å². The molecule has 1 amide bonds. The summed E-state index contributed by atoms with van der Waals surface area (Å²) in [4.78, 5) is 12.4. The summed E-state index contributed by atoms with van der Waals surface area (Å²) in [7, 11) is -3.69. The van der Waals surface area contributed by atoms with Crippen LogP contribution in [0.3, 0.4) is 0 Å². The Morgan fingerprint density at radius 1 is 1.14 bits per heavy atom. The molecule has 0 atom stereocenters. The molecule has 6 nitrogen and oxygen atoms in total. The van der Waals surface area contributed by atoms with Gasteiger partial charge in [0.1, 0.15) is 17.3 Å². The van der Waals surface area contributed by atoms with E-state index in [1.165, 1.54) is 22.5 Å². The molecule has 1 saturated heterocycles. The van der Waals surface area contributed by atoms with Crippen LogP contribution in [-0.4, -0.2) is 44.9 Å². The molecule has 1 heterocycles. The molecule has 2 aromatic carbocycles. The molecule has 0 saturated carbocycles. The predicted molar refractivity (Wildman–Crippen MR) is 108 cm³/mol. The number of hydrogen-bond donors (Lipinski definition) is 1. The number of nitrogens with zero attached hydrogens (tertiary/aromatic N) is 1. The number of amides is 1. The van der Waals surface area contributed by atoms with Crippen LogP contribution in [0.1, 0.15) is 28.8 Å². The van der Waals surface area contributed by atoms with Crippen LogP contribution < -0.4 is 10.1 Å². The Kier molecular flexibility index (Phi) is 6.59. The fourth-order valence-corrected chi connectivity index (χ4v) is 5.00. The summed E-state index contributed by atoms with van der Waals surface area (Å²) in [5.74, 6) is 0.354. The SMILES string of the molecule is Cc1ccc(OCCNC(=O)c2ccc(Cl)c(S(=O)(=O)N3CCCC3)c2)cc1. The van der Waals surface area contributed by atoms with Crippen molar-refractivity contribution >= 4 is 27.5 Å². The molecule has 2 aromatic rings. The lowest BCUT2D eigenvalue weighted by atomic mass is 10.2. The van der Waals surface area contributed by atoms with Gasteiger partial charge in [0.25, 0.3) is 5.91 Å². The first-order valence-corrected chi connectivity index (χ1v) is 11.0. The number of hydrogen-bond acceptors (Lipinski definition) is 4. The van der Waals surface area contributed by atoms with Gasteiger partial charge in [-0.15, -0.1) is 0 Å². The number of ether oxygens (including phenoxy) is 1. The first-order valence-electron chi connectivity index (χ1n) is 9.15. The van der Waals surface area contributed by atoms with Gasteiger partial charge < -0.3 is 10.1 Å². The standard InChI is InChI=1S/C20H23ClN2O4S/c1-15-4-7-17(8-5-15)27-13-10-22-20(24)16-6-9-18(21)19(14-16)28(25,26)23-11-2-3-12-23/h4-9,14H,2-3,10-13H2,1H3,(H,22,24). The van der Waals surface area contributed by atoms with Crippen molar-refractivity contribution in [3.05, 3.63) is 58.6 Å². The molecule has 1 fully saturated rings. The smallest absolute Gasteiger partial charge is 0.251 e. The molecular weight excluding hydrogens is 400 g/mol. The van der Waals surface area contributed by atoms with E-state index in [2.05, 4.69) is 5.32 Å². The van der Waals surface area contributed by atoms with Crippen molar-refractivity contribution in [1.29, 1.82) is 0 Å². The van der Waals surface area contributed by atoms with Crippen LogP contribution in [0.4, 0.5) is 0 Å². The third kappa shape index (κ3) is 4.84. The Balaban J connectivity index is 1.61. The summed E-state index contributed by atoms with van der Waals surface area (Å²) < 4.78 is 32.5. The number of carbonyl (C=O) groups excluding carboxylic acids is 1. The van der Waals surface area contributed by atoms with Gasteiger partial charge in [0.15, 0.2) is 0 Å². The van der Waals surface area contributed by atoms with Crippen LogP contribution in [0.15, 0.2) is 47.4 Å². The number of nitrogens with one attached hydrogen (secondary N) is 1. The third-order valence-electron chi connectivity index (χ3n) is 4.55. The highest BCUT2D eigenvalue weighted by molar-refractivity contribution is 7.89. The maximum atomic E-state index is 12.8. The third-order valence-corrected chi connectivity index (χ3v) is 6.93. The van der Waals surface area contributed by atoms with Crippen molar-refractivity contribution < 1.29 is 17.9 Å². The van der Waals surface area contributed by atoms with Crippen molar-refractivity contribution in [2.24, 2.45) is 0 Å². The molecule has 28 heavy (non-hydrogen) atoms. The van der Waals surface area contributed by atoms with Gasteiger partial charge in [0, 0.05) is 18.7 Å². The van der Waals surface area contributed by atoms with E-state index in [0.717, 1.165) is 24.2 Å². The lowest BCUT2D eigenvalue weighted by Gasteiger charge is -2.17. The minimum atomic E-state index is -3.69. The summed E-state index contributed by atoms with van der Waals surface area (Å²) in [6.07, 6.45) is 1.66. The van der Waals surface area contributed by atoms with E-state index >= 15 is 0 Å². The molecule has 1 aliphatic rings. The molecule has 3 rings (SSSR count). The minimum Gasteiger partial charge on any atom is -0.492 e. The highest BCUT2D eigenvalue weighted by atomic mass is 35.5. The van der Waals surface area contributed by atoms with E-state index in [1.54, 1.807) is 0 Å². The predicted octanol–water partition coefficient (Wildman–Crippen LogP) is 3.24. The molecular formula is C20H23ClN2O4S. The summed E-state index contributed by atoms with van der Waals surface area (Å²) in [5.41, 5.74) is 1.39. The van der Waals surface area contributed by atoms with E-state index in [4.69, 9.17) is 16.3 Å². The van der Waals surface area contributed by atoms with Gasteiger partial charge in [-0.05, 0) is 50.1 Å². The molecule has 0 radical (unpaired) electrons. The monoisotopic (exact) mass is 422 g/mol. The molecule has 0 unspecified atom stereocenters. The molecule has 0 bridgehead atoms. The summed E-state index contributed by atoms with van der Waals surface area (Å²) >= 11 is 6.11. The first kappa shape index (κ1) is 20.6. The summed E-state index contributed by atoms with van der Waals surface area (Å²) in [6.45, 7) is 3.55. The highest BCUT2D eigenvalue weighted by Gasteiger charge is 2.29. The summed E-state index contributed by atoms with van der Waals surface area (Å²) in [6, 6.07) is 11.9. The van der Waals surface area contributed by atoms with Gasteiger partial charge in [0.2, 0.25) is 10.0 Å². The van der Waals surface area contributed by atoms with Gasteiger partial charge in [-0.2, -0.15) is 4.31 Å². The van der Waals surface area contributed by atoms with Crippen molar-refractivity contribution in [3.63, 3.8) is 0 Å².